The summed E-state index contributed by atoms with van der Waals surface area (Å²) in [4.78, 5) is 0. The van der Waals surface area contributed by atoms with E-state index in [4.69, 9.17) is 20.6 Å². The predicted molar refractivity (Wildman–Crippen MR) is 261 cm³/mol. The summed E-state index contributed by atoms with van der Waals surface area (Å²) in [7, 11) is 0. The Hall–Kier alpha value is -3.38. The second-order valence-corrected chi connectivity index (χ2v) is 18.6. The van der Waals surface area contributed by atoms with Gasteiger partial charge in [-0.3, -0.25) is 0 Å². The van der Waals surface area contributed by atoms with Crippen molar-refractivity contribution in [2.45, 2.75) is 225 Å². The molecule has 0 saturated heterocycles. The molecule has 0 aromatic heterocycles. The molecule has 0 heterocycles. The van der Waals surface area contributed by atoms with Crippen molar-refractivity contribution in [2.24, 2.45) is 0 Å². The van der Waals surface area contributed by atoms with Crippen molar-refractivity contribution in [3.05, 3.63) is 88.0 Å². The van der Waals surface area contributed by atoms with Gasteiger partial charge in [0.25, 0.3) is 0 Å². The number of benzene rings is 3. The maximum absolute atomic E-state index is 6.84. The summed E-state index contributed by atoms with van der Waals surface area (Å²) in [6, 6.07) is 19.8. The van der Waals surface area contributed by atoms with Gasteiger partial charge in [0.15, 0.2) is 0 Å². The van der Waals surface area contributed by atoms with Crippen molar-refractivity contribution in [3.63, 3.8) is 0 Å². The van der Waals surface area contributed by atoms with Gasteiger partial charge in [0.05, 0.1) is 19.8 Å². The molecule has 61 heavy (non-hydrogen) atoms. The zero-order valence-electron chi connectivity index (χ0n) is 39.4. The minimum atomic E-state index is -0.752. The average Bonchev–Trinajstić information content (AvgIpc) is 3.29. The molecule has 0 saturated carbocycles. The topological polar surface area (TPSA) is 27.7 Å². The highest BCUT2D eigenvalue weighted by molar-refractivity contribution is 5.80. The van der Waals surface area contributed by atoms with E-state index in [0.29, 0.717) is 0 Å². The summed E-state index contributed by atoms with van der Waals surface area (Å²) in [5.41, 5.74) is 6.41. The van der Waals surface area contributed by atoms with Crippen LogP contribution in [0.3, 0.4) is 0 Å². The molecule has 0 radical (unpaired) electrons. The lowest BCUT2D eigenvalue weighted by Gasteiger charge is -2.49. The third kappa shape index (κ3) is 13.8. The van der Waals surface area contributed by atoms with Crippen LogP contribution in [0, 0.1) is 12.3 Å². The van der Waals surface area contributed by atoms with Gasteiger partial charge >= 0.3 is 0 Å². The van der Waals surface area contributed by atoms with Gasteiger partial charge in [0.1, 0.15) is 22.7 Å². The van der Waals surface area contributed by atoms with Crippen LogP contribution in [-0.4, -0.2) is 19.8 Å². The number of hydrogen-bond acceptors (Lipinski definition) is 3. The molecular formula is C58H86O3. The normalized spacial score (nSPS) is 15.9. The van der Waals surface area contributed by atoms with E-state index in [-0.39, 0.29) is 5.92 Å². The van der Waals surface area contributed by atoms with Gasteiger partial charge in [-0.05, 0) is 54.2 Å². The summed E-state index contributed by atoms with van der Waals surface area (Å²) < 4.78 is 20.5. The molecule has 3 heteroatoms. The van der Waals surface area contributed by atoms with Crippen molar-refractivity contribution in [1.82, 2.24) is 0 Å². The largest absolute Gasteiger partial charge is 0.493 e. The highest BCUT2D eigenvalue weighted by atomic mass is 16.5. The van der Waals surface area contributed by atoms with Crippen LogP contribution in [0.15, 0.2) is 54.6 Å². The molecule has 2 bridgehead atoms. The summed E-state index contributed by atoms with van der Waals surface area (Å²) in [5, 5.41) is 0. The Morgan fingerprint density at radius 1 is 0.377 bits per heavy atom. The fourth-order valence-electron chi connectivity index (χ4n) is 10.3. The first kappa shape index (κ1) is 48.6. The lowest BCUT2D eigenvalue weighted by Crippen LogP contribution is -2.42. The van der Waals surface area contributed by atoms with Gasteiger partial charge in [0.2, 0.25) is 0 Å². The minimum Gasteiger partial charge on any atom is -0.493 e. The average molecular weight is 831 g/mol. The SMILES string of the molecule is C#CC12c3cccc(OCCCCCCCCCCCC)c3C(c3c(OCCCCCCCCCCCC)cccc31)c1c(OCCCCCCCCCCCC)cccc12. The van der Waals surface area contributed by atoms with E-state index in [1.54, 1.807) is 0 Å². The molecule has 3 aliphatic carbocycles. The highest BCUT2D eigenvalue weighted by Crippen LogP contribution is 2.64. The van der Waals surface area contributed by atoms with Crippen LogP contribution < -0.4 is 14.2 Å². The van der Waals surface area contributed by atoms with Crippen LogP contribution in [-0.2, 0) is 5.41 Å². The van der Waals surface area contributed by atoms with Crippen LogP contribution in [0.2, 0.25) is 0 Å². The zero-order chi connectivity index (χ0) is 42.8. The van der Waals surface area contributed by atoms with E-state index in [0.717, 1.165) is 56.3 Å². The second kappa shape index (κ2) is 28.3. The van der Waals surface area contributed by atoms with Crippen LogP contribution >= 0.6 is 0 Å². The molecule has 0 amide bonds. The van der Waals surface area contributed by atoms with Gasteiger partial charge in [-0.1, -0.05) is 236 Å². The van der Waals surface area contributed by atoms with Crippen LogP contribution in [0.4, 0.5) is 0 Å². The first-order chi connectivity index (χ1) is 30.2. The molecule has 0 fully saturated rings. The molecule has 336 valence electrons. The monoisotopic (exact) mass is 831 g/mol. The second-order valence-electron chi connectivity index (χ2n) is 18.6. The maximum Gasteiger partial charge on any atom is 0.123 e. The van der Waals surface area contributed by atoms with Crippen LogP contribution in [0.25, 0.3) is 0 Å². The third-order valence-electron chi connectivity index (χ3n) is 13.8. The van der Waals surface area contributed by atoms with E-state index in [9.17, 15) is 0 Å². The Kier molecular flexibility index (Phi) is 22.6. The van der Waals surface area contributed by atoms with Crippen molar-refractivity contribution in [3.8, 4) is 29.6 Å². The van der Waals surface area contributed by atoms with E-state index in [1.165, 1.54) is 207 Å². The molecule has 6 rings (SSSR count). The standard InChI is InChI=1S/C58H86O3/c1-5-9-12-15-18-21-24-27-30-33-45-59-51-42-36-39-48-54(51)57-55-49(40-37-43-52(55)60-46-34-31-28-25-22-19-16-13-10-6-2)58(48,8-4)50-41-38-44-53(56(50)57)61-47-35-32-29-26-23-20-17-14-11-7-3/h4,36-44,57H,5-7,9-35,45-47H2,1-3H3. The van der Waals surface area contributed by atoms with Gasteiger partial charge in [-0.25, -0.2) is 0 Å². The first-order valence-corrected chi connectivity index (χ1v) is 26.0. The predicted octanol–water partition coefficient (Wildman–Crippen LogP) is 17.4. The number of unbranched alkanes of at least 4 members (excludes halogenated alkanes) is 27. The van der Waals surface area contributed by atoms with E-state index >= 15 is 0 Å². The quantitative estimate of drug-likeness (QED) is 0.0432. The Labute approximate surface area is 374 Å². The summed E-state index contributed by atoms with van der Waals surface area (Å²) >= 11 is 0. The molecule has 0 unspecified atom stereocenters. The van der Waals surface area contributed by atoms with Crippen molar-refractivity contribution < 1.29 is 14.2 Å². The Bertz CT molecular complexity index is 1510. The Morgan fingerprint density at radius 3 is 0.869 bits per heavy atom. The summed E-state index contributed by atoms with van der Waals surface area (Å²) in [5.74, 6) is 6.23. The molecular weight excluding hydrogens is 745 g/mol. The van der Waals surface area contributed by atoms with Gasteiger partial charge < -0.3 is 14.2 Å². The zero-order valence-corrected chi connectivity index (χ0v) is 39.4. The van der Waals surface area contributed by atoms with Gasteiger partial charge in [0, 0.05) is 22.6 Å². The first-order valence-electron chi connectivity index (χ1n) is 26.0. The summed E-state index contributed by atoms with van der Waals surface area (Å²) in [6.07, 6.45) is 46.2. The fraction of sp³-hybridized carbons (Fsp3) is 0.655. The molecule has 0 aliphatic heterocycles. The van der Waals surface area contributed by atoms with Crippen molar-refractivity contribution in [1.29, 1.82) is 0 Å². The number of terminal acetylenes is 1. The maximum atomic E-state index is 6.84. The fourth-order valence-corrected chi connectivity index (χ4v) is 10.3. The number of ether oxygens (including phenoxy) is 3. The lowest BCUT2D eigenvalue weighted by molar-refractivity contribution is 0.289. The highest BCUT2D eigenvalue weighted by Gasteiger charge is 2.54. The molecule has 3 aromatic carbocycles. The van der Waals surface area contributed by atoms with E-state index < -0.39 is 5.41 Å². The molecule has 3 aliphatic rings. The van der Waals surface area contributed by atoms with E-state index in [2.05, 4.69) is 81.3 Å². The third-order valence-corrected chi connectivity index (χ3v) is 13.8. The number of hydrogen-bond donors (Lipinski definition) is 0. The van der Waals surface area contributed by atoms with Crippen LogP contribution in [0.5, 0.6) is 17.2 Å². The Morgan fingerprint density at radius 2 is 0.623 bits per heavy atom. The summed E-state index contributed by atoms with van der Waals surface area (Å²) in [6.45, 7) is 9.03. The van der Waals surface area contributed by atoms with Gasteiger partial charge in [-0.15, -0.1) is 6.42 Å². The molecule has 0 N–H and O–H groups in total. The van der Waals surface area contributed by atoms with Crippen LogP contribution in [0.1, 0.15) is 253 Å². The molecule has 0 spiro atoms. The van der Waals surface area contributed by atoms with E-state index in [1.807, 2.05) is 0 Å². The smallest absolute Gasteiger partial charge is 0.123 e. The molecule has 0 atom stereocenters. The lowest BCUT2D eigenvalue weighted by atomic mass is 9.53. The molecule has 3 aromatic rings. The number of rotatable bonds is 36. The molecule has 3 nitrogen and oxygen atoms in total. The van der Waals surface area contributed by atoms with Gasteiger partial charge in [-0.2, -0.15) is 0 Å². The van der Waals surface area contributed by atoms with Crippen molar-refractivity contribution in [2.75, 3.05) is 19.8 Å². The Balaban J connectivity index is 1.30. The minimum absolute atomic E-state index is 0.0769. The van der Waals surface area contributed by atoms with Crippen molar-refractivity contribution >= 4 is 0 Å².